The SMILES string of the molecule is CC(C)OC(=O)Nc1ccc(-c2sc([C@H]3CC[C@H](NC(=O)OC(C)C)CC3)nc2C(F)(F)F)c(S(N)(=O)=O)c1. The van der Waals surface area contributed by atoms with Gasteiger partial charge in [-0.3, -0.25) is 5.32 Å². The Hall–Kier alpha value is -2.91. The number of hydrogen-bond acceptors (Lipinski definition) is 8. The quantitative estimate of drug-likeness (QED) is 0.379. The van der Waals surface area contributed by atoms with E-state index >= 15 is 0 Å². The first-order chi connectivity index (χ1) is 18.0. The fourth-order valence-corrected chi connectivity index (χ4v) is 6.30. The summed E-state index contributed by atoms with van der Waals surface area (Å²) in [5.41, 5.74) is -1.51. The number of nitrogens with one attached hydrogen (secondary N) is 2. The molecule has 4 N–H and O–H groups in total. The van der Waals surface area contributed by atoms with Crippen molar-refractivity contribution in [2.45, 2.75) is 88.6 Å². The lowest BCUT2D eigenvalue weighted by Crippen LogP contribution is -2.38. The number of carbonyl (C=O) groups excluding carboxylic acids is 2. The highest BCUT2D eigenvalue weighted by Gasteiger charge is 2.40. The monoisotopic (exact) mass is 592 g/mol. The average molecular weight is 593 g/mol. The zero-order valence-electron chi connectivity index (χ0n) is 21.8. The molecule has 0 aliphatic heterocycles. The summed E-state index contributed by atoms with van der Waals surface area (Å²) in [6, 6.07) is 3.22. The normalized spacial score (nSPS) is 18.2. The first-order valence-corrected chi connectivity index (χ1v) is 14.6. The van der Waals surface area contributed by atoms with Gasteiger partial charge >= 0.3 is 18.4 Å². The van der Waals surface area contributed by atoms with Gasteiger partial charge in [-0.25, -0.2) is 28.1 Å². The van der Waals surface area contributed by atoms with E-state index in [1.165, 1.54) is 6.07 Å². The number of halogens is 3. The molecule has 1 aliphatic rings. The van der Waals surface area contributed by atoms with E-state index in [-0.39, 0.29) is 34.3 Å². The Labute approximate surface area is 228 Å². The minimum absolute atomic E-state index is 0.0199. The van der Waals surface area contributed by atoms with Gasteiger partial charge in [0.25, 0.3) is 0 Å². The number of nitrogens with two attached hydrogens (primary N) is 1. The lowest BCUT2D eigenvalue weighted by atomic mass is 9.86. The van der Waals surface area contributed by atoms with Crippen molar-refractivity contribution in [3.8, 4) is 10.4 Å². The number of rotatable bonds is 7. The van der Waals surface area contributed by atoms with Crippen LogP contribution in [0.1, 0.15) is 70.0 Å². The zero-order valence-corrected chi connectivity index (χ0v) is 23.4. The molecule has 0 unspecified atom stereocenters. The van der Waals surface area contributed by atoms with Crippen molar-refractivity contribution in [3.63, 3.8) is 0 Å². The number of ether oxygens (including phenoxy) is 2. The van der Waals surface area contributed by atoms with Crippen LogP contribution >= 0.6 is 11.3 Å². The van der Waals surface area contributed by atoms with Gasteiger partial charge in [0.05, 0.1) is 27.0 Å². The Bertz CT molecular complexity index is 1300. The minimum atomic E-state index is -4.86. The van der Waals surface area contributed by atoms with Crippen molar-refractivity contribution in [2.24, 2.45) is 5.14 Å². The number of amides is 2. The highest BCUT2D eigenvalue weighted by Crippen LogP contribution is 2.46. The predicted octanol–water partition coefficient (Wildman–Crippen LogP) is 5.59. The van der Waals surface area contributed by atoms with E-state index in [1.807, 2.05) is 0 Å². The van der Waals surface area contributed by atoms with Gasteiger partial charge in [0.1, 0.15) is 0 Å². The minimum Gasteiger partial charge on any atom is -0.447 e. The van der Waals surface area contributed by atoms with Crippen molar-refractivity contribution < 1.29 is 40.7 Å². The number of carbonyl (C=O) groups is 2. The second kappa shape index (κ2) is 12.1. The summed E-state index contributed by atoms with van der Waals surface area (Å²) in [5.74, 6) is -0.311. The summed E-state index contributed by atoms with van der Waals surface area (Å²) in [4.78, 5) is 26.7. The molecule has 0 spiro atoms. The van der Waals surface area contributed by atoms with Gasteiger partial charge in [-0.15, -0.1) is 11.3 Å². The molecule has 1 heterocycles. The molecule has 0 bridgehead atoms. The molecule has 0 radical (unpaired) electrons. The molecule has 2 amide bonds. The molecule has 10 nitrogen and oxygen atoms in total. The van der Waals surface area contributed by atoms with E-state index in [0.29, 0.717) is 25.7 Å². The molecular formula is C24H31F3N4O6S2. The summed E-state index contributed by atoms with van der Waals surface area (Å²) in [6.07, 6.45) is -5.03. The summed E-state index contributed by atoms with van der Waals surface area (Å²) >= 11 is 0.753. The maximum Gasteiger partial charge on any atom is 0.434 e. The molecule has 216 valence electrons. The molecule has 1 saturated carbocycles. The molecule has 39 heavy (non-hydrogen) atoms. The molecule has 1 aromatic carbocycles. The van der Waals surface area contributed by atoms with E-state index in [1.54, 1.807) is 27.7 Å². The van der Waals surface area contributed by atoms with E-state index < -0.39 is 50.0 Å². The third kappa shape index (κ3) is 8.29. The lowest BCUT2D eigenvalue weighted by molar-refractivity contribution is -0.140. The van der Waals surface area contributed by atoms with Crippen LogP contribution in [0.4, 0.5) is 28.4 Å². The average Bonchev–Trinajstić information content (AvgIpc) is 3.24. The molecule has 1 fully saturated rings. The maximum atomic E-state index is 14.1. The zero-order chi connectivity index (χ0) is 29.1. The molecule has 0 saturated heterocycles. The topological polar surface area (TPSA) is 150 Å². The standard InChI is InChI=1S/C24H31F3N4O6S2/c1-12(2)36-22(32)29-15-7-5-14(6-8-15)21-31-20(24(25,26)27)19(38-21)17-10-9-16(11-18(17)39(28,34)35)30-23(33)37-13(3)4/h9-15H,5-8H2,1-4H3,(H,29,32)(H,30,33)(H2,28,34,35)/t14-,15-. The number of primary sulfonamides is 1. The number of nitrogens with zero attached hydrogens (tertiary/aromatic N) is 1. The summed E-state index contributed by atoms with van der Waals surface area (Å²) in [7, 11) is -4.50. The lowest BCUT2D eigenvalue weighted by Gasteiger charge is -2.28. The van der Waals surface area contributed by atoms with Gasteiger partial charge in [0.2, 0.25) is 10.0 Å². The number of thiazole rings is 1. The molecule has 1 aliphatic carbocycles. The van der Waals surface area contributed by atoms with Gasteiger partial charge in [0.15, 0.2) is 5.69 Å². The number of benzene rings is 1. The van der Waals surface area contributed by atoms with E-state index in [4.69, 9.17) is 14.6 Å². The molecule has 3 rings (SSSR count). The highest BCUT2D eigenvalue weighted by atomic mass is 32.2. The van der Waals surface area contributed by atoms with Gasteiger partial charge < -0.3 is 14.8 Å². The highest BCUT2D eigenvalue weighted by molar-refractivity contribution is 7.89. The van der Waals surface area contributed by atoms with Crippen LogP contribution in [0.5, 0.6) is 0 Å². The van der Waals surface area contributed by atoms with Crippen LogP contribution in [0.25, 0.3) is 10.4 Å². The Morgan fingerprint density at radius 1 is 1.05 bits per heavy atom. The van der Waals surface area contributed by atoms with Crippen LogP contribution in [0.2, 0.25) is 0 Å². The Morgan fingerprint density at radius 2 is 1.64 bits per heavy atom. The number of alkyl halides is 3. The molecule has 0 atom stereocenters. The fraction of sp³-hybridized carbons (Fsp3) is 0.542. The van der Waals surface area contributed by atoms with E-state index in [0.717, 1.165) is 23.5 Å². The Kier molecular flexibility index (Phi) is 9.49. The van der Waals surface area contributed by atoms with Crippen molar-refractivity contribution >= 4 is 39.2 Å². The predicted molar refractivity (Wildman–Crippen MR) is 139 cm³/mol. The first-order valence-electron chi connectivity index (χ1n) is 12.2. The van der Waals surface area contributed by atoms with Crippen LogP contribution in [-0.4, -0.2) is 43.8 Å². The smallest absolute Gasteiger partial charge is 0.434 e. The summed E-state index contributed by atoms with van der Waals surface area (Å²) < 4.78 is 77.0. The number of aromatic nitrogens is 1. The number of hydrogen-bond donors (Lipinski definition) is 3. The maximum absolute atomic E-state index is 14.1. The molecule has 1 aromatic heterocycles. The third-order valence-corrected chi connectivity index (χ3v) is 7.98. The summed E-state index contributed by atoms with van der Waals surface area (Å²) in [5, 5.41) is 10.7. The van der Waals surface area contributed by atoms with Crippen molar-refractivity contribution in [3.05, 3.63) is 28.9 Å². The van der Waals surface area contributed by atoms with Crippen molar-refractivity contribution in [1.82, 2.24) is 10.3 Å². The number of sulfonamides is 1. The van der Waals surface area contributed by atoms with E-state index in [9.17, 15) is 31.2 Å². The largest absolute Gasteiger partial charge is 0.447 e. The second-order valence-electron chi connectivity index (χ2n) is 9.71. The first kappa shape index (κ1) is 30.6. The van der Waals surface area contributed by atoms with Gasteiger partial charge in [-0.05, 0) is 65.5 Å². The number of alkyl carbamates (subject to hydrolysis) is 1. The Morgan fingerprint density at radius 3 is 2.18 bits per heavy atom. The fourth-order valence-electron chi connectivity index (χ4n) is 4.17. The van der Waals surface area contributed by atoms with Crippen LogP contribution in [0.15, 0.2) is 23.1 Å². The van der Waals surface area contributed by atoms with Crippen LogP contribution in [0, 0.1) is 0 Å². The molecule has 15 heteroatoms. The molecule has 2 aromatic rings. The van der Waals surface area contributed by atoms with Crippen LogP contribution in [0.3, 0.4) is 0 Å². The number of anilines is 1. The van der Waals surface area contributed by atoms with Crippen LogP contribution < -0.4 is 15.8 Å². The van der Waals surface area contributed by atoms with Gasteiger partial charge in [0, 0.05) is 23.2 Å². The van der Waals surface area contributed by atoms with Gasteiger partial charge in [-0.1, -0.05) is 6.07 Å². The Balaban J connectivity index is 1.91. The van der Waals surface area contributed by atoms with Crippen molar-refractivity contribution in [2.75, 3.05) is 5.32 Å². The third-order valence-electron chi connectivity index (χ3n) is 5.78. The van der Waals surface area contributed by atoms with E-state index in [2.05, 4.69) is 15.6 Å². The molecular weight excluding hydrogens is 561 g/mol. The van der Waals surface area contributed by atoms with Gasteiger partial charge in [-0.2, -0.15) is 13.2 Å². The van der Waals surface area contributed by atoms with Crippen molar-refractivity contribution in [1.29, 1.82) is 0 Å². The summed E-state index contributed by atoms with van der Waals surface area (Å²) in [6.45, 7) is 6.67. The van der Waals surface area contributed by atoms with Crippen LogP contribution in [-0.2, 0) is 25.7 Å². The second-order valence-corrected chi connectivity index (χ2v) is 12.3.